The number of aromatic nitrogens is 1. The fraction of sp³-hybridized carbons (Fsp3) is 0.375. The first kappa shape index (κ1) is 16.5. The van der Waals surface area contributed by atoms with E-state index in [4.69, 9.17) is 4.74 Å². The van der Waals surface area contributed by atoms with Gasteiger partial charge >= 0.3 is 6.09 Å². The highest BCUT2D eigenvalue weighted by Crippen LogP contribution is 2.22. The number of carbonyl (C=O) groups excluding carboxylic acids is 1. The van der Waals surface area contributed by atoms with Gasteiger partial charge < -0.3 is 9.84 Å². The van der Waals surface area contributed by atoms with E-state index >= 15 is 0 Å². The van der Waals surface area contributed by atoms with Crippen LogP contribution in [0.3, 0.4) is 0 Å². The molecule has 0 bridgehead atoms. The van der Waals surface area contributed by atoms with Crippen LogP contribution in [0.1, 0.15) is 37.4 Å². The molecule has 2 rings (SSSR count). The lowest BCUT2D eigenvalue weighted by Gasteiger charge is -2.19. The minimum atomic E-state index is -0.642. The number of rotatable bonds is 4. The van der Waals surface area contributed by atoms with Gasteiger partial charge in [-0.25, -0.2) is 9.78 Å². The number of carbonyl (C=O) groups is 1. The molecule has 0 saturated heterocycles. The van der Waals surface area contributed by atoms with Crippen molar-refractivity contribution >= 4 is 23.1 Å². The molecular weight excluding hydrogens is 300 g/mol. The third-order valence-electron chi connectivity index (χ3n) is 2.74. The summed E-state index contributed by atoms with van der Waals surface area (Å²) in [6, 6.07) is 7.33. The maximum atomic E-state index is 11.8. The zero-order valence-corrected chi connectivity index (χ0v) is 13.7. The fourth-order valence-corrected chi connectivity index (χ4v) is 2.53. The second kappa shape index (κ2) is 6.89. The van der Waals surface area contributed by atoms with Crippen LogP contribution < -0.4 is 5.32 Å². The predicted octanol–water partition coefficient (Wildman–Crippen LogP) is 3.77. The third kappa shape index (κ3) is 5.13. The topological polar surface area (TPSA) is 71.5 Å². The summed E-state index contributed by atoms with van der Waals surface area (Å²) >= 11 is 1.42. The summed E-state index contributed by atoms with van der Waals surface area (Å²) in [6.07, 6.45) is 0.975. The maximum absolute atomic E-state index is 11.8. The average Bonchev–Trinajstić information content (AvgIpc) is 2.90. The molecule has 0 fully saturated rings. The summed E-state index contributed by atoms with van der Waals surface area (Å²) in [5.74, 6) is 0. The number of nitrogens with one attached hydrogen (secondary N) is 1. The van der Waals surface area contributed by atoms with Crippen LogP contribution in [0.15, 0.2) is 35.8 Å². The summed E-state index contributed by atoms with van der Waals surface area (Å²) < 4.78 is 5.21. The molecule has 0 aliphatic carbocycles. The van der Waals surface area contributed by atoms with Crippen LogP contribution in [-0.2, 0) is 11.2 Å². The van der Waals surface area contributed by atoms with Crippen LogP contribution in [0.25, 0.3) is 0 Å². The van der Waals surface area contributed by atoms with Crippen LogP contribution >= 0.6 is 11.3 Å². The maximum Gasteiger partial charge on any atom is 0.412 e. The zero-order chi connectivity index (χ0) is 16.2. The van der Waals surface area contributed by atoms with Crippen LogP contribution in [0.4, 0.5) is 10.5 Å². The highest BCUT2D eigenvalue weighted by atomic mass is 32.1. The van der Waals surface area contributed by atoms with E-state index in [0.29, 0.717) is 17.1 Å². The van der Waals surface area contributed by atoms with Gasteiger partial charge in [0.15, 0.2) is 0 Å². The molecule has 0 saturated carbocycles. The Labute approximate surface area is 134 Å². The van der Waals surface area contributed by atoms with Crippen LogP contribution in [0.5, 0.6) is 0 Å². The van der Waals surface area contributed by atoms with E-state index in [0.717, 1.165) is 5.56 Å². The zero-order valence-electron chi connectivity index (χ0n) is 12.9. The molecule has 1 aromatic heterocycles. The molecule has 0 unspecified atom stereocenters. The Morgan fingerprint density at radius 2 is 2.23 bits per heavy atom. The third-order valence-corrected chi connectivity index (χ3v) is 3.61. The Kier molecular flexibility index (Phi) is 5.15. The summed E-state index contributed by atoms with van der Waals surface area (Å²) in [7, 11) is 0. The smallest absolute Gasteiger partial charge is 0.412 e. The Morgan fingerprint density at radius 1 is 1.45 bits per heavy atom. The first-order valence-corrected chi connectivity index (χ1v) is 7.88. The number of amides is 1. The van der Waals surface area contributed by atoms with Crippen molar-refractivity contribution in [3.05, 3.63) is 46.4 Å². The first-order valence-electron chi connectivity index (χ1n) is 7.00. The number of hydrogen-bond donors (Lipinski definition) is 2. The predicted molar refractivity (Wildman–Crippen MR) is 87.1 cm³/mol. The normalized spacial score (nSPS) is 12.7. The van der Waals surface area contributed by atoms with E-state index in [1.807, 2.05) is 44.4 Å². The standard InChI is InChI=1S/C16H20N2O3S/c1-16(2,3)21-15(20)18-12-6-4-5-11(9-12)10-13(19)14-17-7-8-22-14/h4-9,13,19H,10H2,1-3H3,(H,18,20)/t13-/m1/s1. The van der Waals surface area contributed by atoms with Crippen molar-refractivity contribution in [1.82, 2.24) is 4.98 Å². The van der Waals surface area contributed by atoms with E-state index in [1.54, 1.807) is 12.3 Å². The molecule has 1 amide bonds. The highest BCUT2D eigenvalue weighted by molar-refractivity contribution is 7.09. The van der Waals surface area contributed by atoms with Gasteiger partial charge in [-0.3, -0.25) is 5.32 Å². The summed E-state index contributed by atoms with van der Waals surface area (Å²) in [5.41, 5.74) is 1.01. The van der Waals surface area contributed by atoms with Gasteiger partial charge in [0.2, 0.25) is 0 Å². The van der Waals surface area contributed by atoms with Crippen LogP contribution in [0.2, 0.25) is 0 Å². The van der Waals surface area contributed by atoms with Crippen molar-refractivity contribution in [2.45, 2.75) is 38.9 Å². The largest absolute Gasteiger partial charge is 0.444 e. The molecule has 0 aliphatic heterocycles. The number of aliphatic hydroxyl groups is 1. The van der Waals surface area contributed by atoms with E-state index < -0.39 is 17.8 Å². The minimum absolute atomic E-state index is 0.442. The van der Waals surface area contributed by atoms with Crippen LogP contribution in [-0.4, -0.2) is 21.8 Å². The van der Waals surface area contributed by atoms with Gasteiger partial charge in [-0.1, -0.05) is 12.1 Å². The molecule has 1 atom stereocenters. The van der Waals surface area contributed by atoms with Crippen molar-refractivity contribution in [2.24, 2.45) is 0 Å². The molecule has 118 valence electrons. The van der Waals surface area contributed by atoms with E-state index in [1.165, 1.54) is 11.3 Å². The molecule has 1 aromatic carbocycles. The van der Waals surface area contributed by atoms with Crippen molar-refractivity contribution in [1.29, 1.82) is 0 Å². The number of anilines is 1. The Balaban J connectivity index is 1.99. The van der Waals surface area contributed by atoms with Gasteiger partial charge in [-0.05, 0) is 38.5 Å². The van der Waals surface area contributed by atoms with Gasteiger partial charge in [0.25, 0.3) is 0 Å². The summed E-state index contributed by atoms with van der Waals surface area (Å²) in [6.45, 7) is 5.44. The number of aliphatic hydroxyl groups excluding tert-OH is 1. The van der Waals surface area contributed by atoms with Crippen molar-refractivity contribution in [3.8, 4) is 0 Å². The molecule has 5 nitrogen and oxygen atoms in total. The second-order valence-corrected chi connectivity index (χ2v) is 6.84. The summed E-state index contributed by atoms with van der Waals surface area (Å²) in [4.78, 5) is 15.9. The number of benzene rings is 1. The molecule has 2 aromatic rings. The quantitative estimate of drug-likeness (QED) is 0.899. The Bertz CT molecular complexity index is 621. The van der Waals surface area contributed by atoms with E-state index in [9.17, 15) is 9.90 Å². The molecule has 1 heterocycles. The molecule has 0 radical (unpaired) electrons. The fourth-order valence-electron chi connectivity index (χ4n) is 1.91. The Hall–Kier alpha value is -1.92. The van der Waals surface area contributed by atoms with Crippen molar-refractivity contribution < 1.29 is 14.6 Å². The molecule has 22 heavy (non-hydrogen) atoms. The number of thiazole rings is 1. The SMILES string of the molecule is CC(C)(C)OC(=O)Nc1cccc(C[C@@H](O)c2nccs2)c1. The van der Waals surface area contributed by atoms with E-state index in [2.05, 4.69) is 10.3 Å². The number of hydrogen-bond acceptors (Lipinski definition) is 5. The van der Waals surface area contributed by atoms with Gasteiger partial charge in [-0.15, -0.1) is 11.3 Å². The summed E-state index contributed by atoms with van der Waals surface area (Å²) in [5, 5.41) is 15.3. The molecule has 6 heteroatoms. The second-order valence-electron chi connectivity index (χ2n) is 5.92. The highest BCUT2D eigenvalue weighted by Gasteiger charge is 2.16. The van der Waals surface area contributed by atoms with E-state index in [-0.39, 0.29) is 0 Å². The van der Waals surface area contributed by atoms with Gasteiger partial charge in [0.1, 0.15) is 16.7 Å². The lowest BCUT2D eigenvalue weighted by molar-refractivity contribution is 0.0636. The van der Waals surface area contributed by atoms with Gasteiger partial charge in [0, 0.05) is 23.7 Å². The molecular formula is C16H20N2O3S. The van der Waals surface area contributed by atoms with Gasteiger partial charge in [-0.2, -0.15) is 0 Å². The van der Waals surface area contributed by atoms with Crippen LogP contribution in [0, 0.1) is 0 Å². The average molecular weight is 320 g/mol. The number of ether oxygens (including phenoxy) is 1. The molecule has 2 N–H and O–H groups in total. The van der Waals surface area contributed by atoms with Crippen molar-refractivity contribution in [3.63, 3.8) is 0 Å². The first-order chi connectivity index (χ1) is 10.3. The van der Waals surface area contributed by atoms with Crippen molar-refractivity contribution in [2.75, 3.05) is 5.32 Å². The molecule has 0 spiro atoms. The van der Waals surface area contributed by atoms with Gasteiger partial charge in [0.05, 0.1) is 0 Å². The monoisotopic (exact) mass is 320 g/mol. The lowest BCUT2D eigenvalue weighted by Crippen LogP contribution is -2.27. The minimum Gasteiger partial charge on any atom is -0.444 e. The molecule has 0 aliphatic rings. The number of nitrogens with zero attached hydrogens (tertiary/aromatic N) is 1. The lowest BCUT2D eigenvalue weighted by atomic mass is 10.1. The Morgan fingerprint density at radius 3 is 2.86 bits per heavy atom.